The maximum absolute atomic E-state index is 13.5. The molecule has 1 amide bonds. The van der Waals surface area contributed by atoms with E-state index < -0.39 is 17.2 Å². The van der Waals surface area contributed by atoms with E-state index in [1.807, 2.05) is 0 Å². The second kappa shape index (κ2) is 8.17. The number of carbonyl (C=O) groups excluding carboxylic acids is 1. The van der Waals surface area contributed by atoms with Crippen molar-refractivity contribution in [2.45, 2.75) is 25.4 Å². The Morgan fingerprint density at radius 1 is 1.32 bits per heavy atom. The number of nitrogens with zero attached hydrogens (tertiary/aromatic N) is 4. The zero-order valence-corrected chi connectivity index (χ0v) is 15.2. The fourth-order valence-corrected chi connectivity index (χ4v) is 3.04. The van der Waals surface area contributed by atoms with Crippen molar-refractivity contribution < 1.29 is 18.3 Å². The summed E-state index contributed by atoms with van der Waals surface area (Å²) in [5.74, 6) is -2.34. The Labute approximate surface area is 159 Å². The summed E-state index contributed by atoms with van der Waals surface area (Å²) in [6.45, 7) is 0.897. The largest absolute Gasteiger partial charge is 0.490 e. The van der Waals surface area contributed by atoms with Gasteiger partial charge in [0.25, 0.3) is 5.56 Å². The van der Waals surface area contributed by atoms with Crippen LogP contribution in [0.4, 0.5) is 8.78 Å². The number of halogens is 2. The quantitative estimate of drug-likeness (QED) is 0.793. The van der Waals surface area contributed by atoms with Gasteiger partial charge in [0, 0.05) is 51.2 Å². The van der Waals surface area contributed by atoms with Gasteiger partial charge < -0.3 is 9.64 Å². The second-order valence-electron chi connectivity index (χ2n) is 6.54. The van der Waals surface area contributed by atoms with Gasteiger partial charge in [-0.2, -0.15) is 10.4 Å². The van der Waals surface area contributed by atoms with E-state index in [9.17, 15) is 18.4 Å². The minimum Gasteiger partial charge on any atom is -0.490 e. The number of likely N-dealkylation sites (tertiary alicyclic amines) is 1. The van der Waals surface area contributed by atoms with Crippen LogP contribution >= 0.6 is 0 Å². The molecule has 0 aliphatic carbocycles. The van der Waals surface area contributed by atoms with Crippen LogP contribution in [0.5, 0.6) is 5.75 Å². The molecule has 0 saturated carbocycles. The van der Waals surface area contributed by atoms with Gasteiger partial charge in [0.1, 0.15) is 17.9 Å². The van der Waals surface area contributed by atoms with Crippen molar-refractivity contribution in [1.82, 2.24) is 14.7 Å². The molecule has 1 aliphatic rings. The smallest absolute Gasteiger partial charge is 0.266 e. The third-order valence-electron chi connectivity index (χ3n) is 4.57. The van der Waals surface area contributed by atoms with Gasteiger partial charge in [-0.3, -0.25) is 9.59 Å². The van der Waals surface area contributed by atoms with Crippen LogP contribution in [-0.2, 0) is 18.3 Å². The molecule has 9 heteroatoms. The Morgan fingerprint density at radius 3 is 2.68 bits per heavy atom. The molecule has 28 heavy (non-hydrogen) atoms. The van der Waals surface area contributed by atoms with E-state index in [1.54, 1.807) is 11.0 Å². The molecule has 1 fully saturated rings. The van der Waals surface area contributed by atoms with Crippen LogP contribution < -0.4 is 10.3 Å². The summed E-state index contributed by atoms with van der Waals surface area (Å²) in [6.07, 6.45) is 0.866. The fraction of sp³-hybridized carbons (Fsp3) is 0.368. The van der Waals surface area contributed by atoms with E-state index in [-0.39, 0.29) is 29.7 Å². The van der Waals surface area contributed by atoms with Crippen molar-refractivity contribution >= 4 is 5.91 Å². The zero-order valence-electron chi connectivity index (χ0n) is 15.2. The van der Waals surface area contributed by atoms with E-state index >= 15 is 0 Å². The van der Waals surface area contributed by atoms with Crippen LogP contribution in [0.25, 0.3) is 0 Å². The number of carbonyl (C=O) groups is 1. The molecule has 0 radical (unpaired) electrons. The van der Waals surface area contributed by atoms with Crippen molar-refractivity contribution in [1.29, 1.82) is 5.26 Å². The summed E-state index contributed by atoms with van der Waals surface area (Å²) in [6, 6.07) is 6.58. The van der Waals surface area contributed by atoms with Crippen LogP contribution in [0, 0.1) is 23.0 Å². The van der Waals surface area contributed by atoms with Crippen molar-refractivity contribution in [3.63, 3.8) is 0 Å². The first-order valence-electron chi connectivity index (χ1n) is 8.74. The van der Waals surface area contributed by atoms with Gasteiger partial charge in [0.2, 0.25) is 5.91 Å². The maximum atomic E-state index is 13.5. The number of aryl methyl sites for hydroxylation is 1. The molecule has 1 aromatic carbocycles. The average molecular weight is 388 g/mol. The Kier molecular flexibility index (Phi) is 5.68. The molecule has 3 rings (SSSR count). The average Bonchev–Trinajstić information content (AvgIpc) is 2.68. The SMILES string of the molecule is Cn1nc(CC(=O)N2CCC(Oc3cc(F)c(F)c(C#N)c3)CC2)ccc1=O. The van der Waals surface area contributed by atoms with Gasteiger partial charge in [-0.1, -0.05) is 0 Å². The van der Waals surface area contributed by atoms with Crippen molar-refractivity contribution in [3.05, 3.63) is 57.5 Å². The number of aromatic nitrogens is 2. The summed E-state index contributed by atoms with van der Waals surface area (Å²) in [5.41, 5.74) is -0.144. The monoisotopic (exact) mass is 388 g/mol. The van der Waals surface area contributed by atoms with Gasteiger partial charge in [0.15, 0.2) is 11.6 Å². The molecule has 2 aromatic rings. The number of rotatable bonds is 4. The van der Waals surface area contributed by atoms with E-state index in [0.717, 1.165) is 6.07 Å². The van der Waals surface area contributed by atoms with Gasteiger partial charge in [-0.05, 0) is 6.07 Å². The summed E-state index contributed by atoms with van der Waals surface area (Å²) < 4.78 is 33.8. The topological polar surface area (TPSA) is 88.2 Å². The van der Waals surface area contributed by atoms with Crippen LogP contribution in [-0.4, -0.2) is 39.8 Å². The van der Waals surface area contributed by atoms with Crippen molar-refractivity contribution in [2.75, 3.05) is 13.1 Å². The molecule has 1 saturated heterocycles. The summed E-state index contributed by atoms with van der Waals surface area (Å²) in [7, 11) is 1.52. The Hall–Kier alpha value is -3.28. The predicted octanol–water partition coefficient (Wildman–Crippen LogP) is 1.54. The molecule has 0 spiro atoms. The minimum atomic E-state index is -1.19. The standard InChI is InChI=1S/C19H18F2N4O3/c1-24-17(26)3-2-13(23-24)9-18(27)25-6-4-14(5-7-25)28-15-8-12(11-22)19(21)16(20)10-15/h2-3,8,10,14H,4-7,9H2,1H3. The van der Waals surface area contributed by atoms with Gasteiger partial charge in [-0.25, -0.2) is 13.5 Å². The van der Waals surface area contributed by atoms with E-state index in [1.165, 1.54) is 29.9 Å². The van der Waals surface area contributed by atoms with E-state index in [4.69, 9.17) is 10.00 Å². The maximum Gasteiger partial charge on any atom is 0.266 e. The molecule has 0 atom stereocenters. The predicted molar refractivity (Wildman–Crippen MR) is 94.5 cm³/mol. The molecular weight excluding hydrogens is 370 g/mol. The molecule has 0 bridgehead atoms. The van der Waals surface area contributed by atoms with Crippen LogP contribution in [0.15, 0.2) is 29.1 Å². The van der Waals surface area contributed by atoms with E-state index in [2.05, 4.69) is 5.10 Å². The van der Waals surface area contributed by atoms with Crippen LogP contribution in [0.2, 0.25) is 0 Å². The fourth-order valence-electron chi connectivity index (χ4n) is 3.04. The number of ether oxygens (including phenoxy) is 1. The van der Waals surface area contributed by atoms with Crippen LogP contribution in [0.1, 0.15) is 24.1 Å². The first kappa shape index (κ1) is 19.5. The van der Waals surface area contributed by atoms with Gasteiger partial charge in [0.05, 0.1) is 17.7 Å². The first-order valence-corrected chi connectivity index (χ1v) is 8.74. The van der Waals surface area contributed by atoms with Crippen molar-refractivity contribution in [3.8, 4) is 11.8 Å². The molecule has 1 aromatic heterocycles. The lowest BCUT2D eigenvalue weighted by atomic mass is 10.1. The highest BCUT2D eigenvalue weighted by Crippen LogP contribution is 2.24. The molecule has 2 heterocycles. The van der Waals surface area contributed by atoms with Gasteiger partial charge in [-0.15, -0.1) is 0 Å². The lowest BCUT2D eigenvalue weighted by Gasteiger charge is -2.32. The third kappa shape index (κ3) is 4.34. The number of hydrogen-bond donors (Lipinski definition) is 0. The zero-order chi connectivity index (χ0) is 20.3. The van der Waals surface area contributed by atoms with E-state index in [0.29, 0.717) is 31.6 Å². The Bertz CT molecular complexity index is 992. The summed E-state index contributed by atoms with van der Waals surface area (Å²) in [5, 5.41) is 12.9. The van der Waals surface area contributed by atoms with Crippen molar-refractivity contribution in [2.24, 2.45) is 7.05 Å². The highest BCUT2D eigenvalue weighted by molar-refractivity contribution is 5.78. The van der Waals surface area contributed by atoms with Gasteiger partial charge >= 0.3 is 0 Å². The van der Waals surface area contributed by atoms with Crippen LogP contribution in [0.3, 0.4) is 0 Å². The third-order valence-corrected chi connectivity index (χ3v) is 4.57. The lowest BCUT2D eigenvalue weighted by molar-refractivity contribution is -0.132. The highest BCUT2D eigenvalue weighted by Gasteiger charge is 2.25. The molecule has 0 unspecified atom stereocenters. The Morgan fingerprint density at radius 2 is 2.04 bits per heavy atom. The Balaban J connectivity index is 1.56. The highest BCUT2D eigenvalue weighted by atomic mass is 19.2. The molecule has 146 valence electrons. The molecule has 7 nitrogen and oxygen atoms in total. The molecule has 1 aliphatic heterocycles. The number of benzene rings is 1. The normalized spacial score (nSPS) is 14.6. The molecular formula is C19H18F2N4O3. The number of amides is 1. The number of nitriles is 1. The summed E-state index contributed by atoms with van der Waals surface area (Å²) in [4.78, 5) is 25.5. The minimum absolute atomic E-state index is 0.0916. The lowest BCUT2D eigenvalue weighted by Crippen LogP contribution is -2.42. The second-order valence-corrected chi connectivity index (χ2v) is 6.54. The number of piperidine rings is 1. The molecule has 0 N–H and O–H groups in total. The number of hydrogen-bond acceptors (Lipinski definition) is 5. The summed E-state index contributed by atoms with van der Waals surface area (Å²) >= 11 is 0. The first-order chi connectivity index (χ1) is 13.4.